The van der Waals surface area contributed by atoms with Crippen LogP contribution in [0.1, 0.15) is 33.1 Å². The number of ether oxygens (including phenoxy) is 1. The van der Waals surface area contributed by atoms with Gasteiger partial charge in [0.05, 0.1) is 12.6 Å². The van der Waals surface area contributed by atoms with E-state index in [4.69, 9.17) is 4.74 Å². The zero-order valence-corrected chi connectivity index (χ0v) is 14.7. The fourth-order valence-corrected chi connectivity index (χ4v) is 3.13. The lowest BCUT2D eigenvalue weighted by molar-refractivity contribution is -0.468. The number of carbonyl (C=O) groups is 2. The molecule has 0 aromatic rings. The summed E-state index contributed by atoms with van der Waals surface area (Å²) in [6, 6.07) is -0.438. The standard InChI is InChI=1S/C18H24N2O5/c1-4-13-11-19(15-8-5-9-16(15)21)17(22)18(2,3)25-12-14(13)7-6-10-20(23)24/h4,6-7,15H,1,5,8-12H2,2-3H3/b7-6-,14-13?. The van der Waals surface area contributed by atoms with Crippen molar-refractivity contribution in [2.45, 2.75) is 44.8 Å². The van der Waals surface area contributed by atoms with E-state index in [2.05, 4.69) is 6.58 Å². The van der Waals surface area contributed by atoms with Crippen molar-refractivity contribution >= 4 is 11.7 Å². The van der Waals surface area contributed by atoms with Gasteiger partial charge in [-0.25, -0.2) is 0 Å². The van der Waals surface area contributed by atoms with E-state index in [1.807, 2.05) is 0 Å². The highest BCUT2D eigenvalue weighted by molar-refractivity contribution is 5.93. The van der Waals surface area contributed by atoms with Gasteiger partial charge in [-0.2, -0.15) is 0 Å². The largest absolute Gasteiger partial charge is 0.361 e. The summed E-state index contributed by atoms with van der Waals surface area (Å²) in [6.45, 7) is 7.26. The third-order valence-electron chi connectivity index (χ3n) is 4.59. The van der Waals surface area contributed by atoms with E-state index in [0.717, 1.165) is 17.6 Å². The molecule has 0 radical (unpaired) electrons. The molecule has 7 nitrogen and oxygen atoms in total. The molecule has 0 N–H and O–H groups in total. The van der Waals surface area contributed by atoms with Crippen LogP contribution in [0, 0.1) is 10.1 Å². The monoisotopic (exact) mass is 348 g/mol. The number of ketones is 1. The first-order valence-electron chi connectivity index (χ1n) is 8.37. The van der Waals surface area contributed by atoms with Crippen LogP contribution in [0.15, 0.2) is 36.0 Å². The van der Waals surface area contributed by atoms with E-state index in [1.54, 1.807) is 30.9 Å². The summed E-state index contributed by atoms with van der Waals surface area (Å²) in [6.07, 6.45) is 6.62. The summed E-state index contributed by atoms with van der Waals surface area (Å²) in [7, 11) is 0. The fourth-order valence-electron chi connectivity index (χ4n) is 3.13. The Bertz CT molecular complexity index is 648. The first-order valence-corrected chi connectivity index (χ1v) is 8.37. The van der Waals surface area contributed by atoms with Crippen LogP contribution in [0.2, 0.25) is 0 Å². The zero-order valence-electron chi connectivity index (χ0n) is 14.7. The summed E-state index contributed by atoms with van der Waals surface area (Å²) in [5, 5.41) is 10.5. The van der Waals surface area contributed by atoms with E-state index < -0.39 is 16.6 Å². The molecule has 1 fully saturated rings. The average Bonchev–Trinajstić information content (AvgIpc) is 2.96. The lowest BCUT2D eigenvalue weighted by Crippen LogP contribution is -2.54. The van der Waals surface area contributed by atoms with Gasteiger partial charge in [0.2, 0.25) is 6.54 Å². The topological polar surface area (TPSA) is 89.8 Å². The van der Waals surface area contributed by atoms with Gasteiger partial charge in [0.15, 0.2) is 5.78 Å². The number of Topliss-reactive ketones (excluding diaryl/α,β-unsaturated/α-hetero) is 1. The molecule has 1 heterocycles. The van der Waals surface area contributed by atoms with Gasteiger partial charge >= 0.3 is 0 Å². The number of hydrogen-bond donors (Lipinski definition) is 0. The van der Waals surface area contributed by atoms with Crippen molar-refractivity contribution in [3.8, 4) is 0 Å². The first-order chi connectivity index (χ1) is 11.8. The van der Waals surface area contributed by atoms with Gasteiger partial charge in [0.25, 0.3) is 5.91 Å². The second kappa shape index (κ2) is 7.74. The maximum absolute atomic E-state index is 12.9. The Labute approximate surface area is 147 Å². The Morgan fingerprint density at radius 2 is 2.12 bits per heavy atom. The van der Waals surface area contributed by atoms with Crippen LogP contribution < -0.4 is 0 Å². The highest BCUT2D eigenvalue weighted by atomic mass is 16.6. The molecule has 1 atom stereocenters. The van der Waals surface area contributed by atoms with Crippen LogP contribution in [0.4, 0.5) is 0 Å². The first kappa shape index (κ1) is 19.1. The van der Waals surface area contributed by atoms with E-state index in [0.29, 0.717) is 12.8 Å². The van der Waals surface area contributed by atoms with Crippen LogP contribution in [-0.4, -0.2) is 52.9 Å². The van der Waals surface area contributed by atoms with Crippen LogP contribution >= 0.6 is 0 Å². The van der Waals surface area contributed by atoms with Crippen molar-refractivity contribution in [1.82, 2.24) is 4.90 Å². The molecule has 0 bridgehead atoms. The van der Waals surface area contributed by atoms with Crippen molar-refractivity contribution in [3.05, 3.63) is 46.1 Å². The normalized spacial score (nSPS) is 24.6. The second-order valence-corrected chi connectivity index (χ2v) is 6.78. The van der Waals surface area contributed by atoms with E-state index in [1.165, 1.54) is 6.08 Å². The van der Waals surface area contributed by atoms with E-state index in [9.17, 15) is 19.7 Å². The number of carbonyl (C=O) groups excluding carboxylic acids is 2. The molecular formula is C18H24N2O5. The maximum atomic E-state index is 12.9. The highest BCUT2D eigenvalue weighted by Gasteiger charge is 2.41. The molecule has 1 aliphatic heterocycles. The molecule has 1 saturated carbocycles. The quantitative estimate of drug-likeness (QED) is 0.560. The lowest BCUT2D eigenvalue weighted by Gasteiger charge is -2.37. The molecule has 2 rings (SSSR count). The number of nitrogens with zero attached hydrogens (tertiary/aromatic N) is 2. The molecule has 0 saturated heterocycles. The number of nitro groups is 1. The molecule has 0 aromatic carbocycles. The summed E-state index contributed by atoms with van der Waals surface area (Å²) in [4.78, 5) is 36.8. The minimum atomic E-state index is -1.07. The Morgan fingerprint density at radius 1 is 1.40 bits per heavy atom. The third kappa shape index (κ3) is 4.42. The molecule has 1 aliphatic carbocycles. The molecule has 136 valence electrons. The second-order valence-electron chi connectivity index (χ2n) is 6.78. The van der Waals surface area contributed by atoms with E-state index in [-0.39, 0.29) is 31.4 Å². The van der Waals surface area contributed by atoms with Gasteiger partial charge in [-0.05, 0) is 43.9 Å². The fraction of sp³-hybridized carbons (Fsp3) is 0.556. The van der Waals surface area contributed by atoms with Gasteiger partial charge in [-0.15, -0.1) is 0 Å². The molecule has 2 aliphatic rings. The average molecular weight is 348 g/mol. The predicted molar refractivity (Wildman–Crippen MR) is 92.6 cm³/mol. The van der Waals surface area contributed by atoms with Gasteiger partial charge in [-0.1, -0.05) is 18.7 Å². The summed E-state index contributed by atoms with van der Waals surface area (Å²) < 4.78 is 5.78. The Hall–Kier alpha value is -2.28. The van der Waals surface area contributed by atoms with Gasteiger partial charge in [0.1, 0.15) is 5.60 Å². The number of amides is 1. The third-order valence-corrected chi connectivity index (χ3v) is 4.59. The Kier molecular flexibility index (Phi) is 5.89. The van der Waals surface area contributed by atoms with Crippen molar-refractivity contribution < 1.29 is 19.2 Å². The minimum absolute atomic E-state index is 0.0681. The number of rotatable bonds is 5. The van der Waals surface area contributed by atoms with E-state index >= 15 is 0 Å². The van der Waals surface area contributed by atoms with Crippen LogP contribution in [-0.2, 0) is 14.3 Å². The van der Waals surface area contributed by atoms with Gasteiger partial charge < -0.3 is 9.64 Å². The van der Waals surface area contributed by atoms with Gasteiger partial charge in [-0.3, -0.25) is 19.7 Å². The smallest absolute Gasteiger partial charge is 0.255 e. The van der Waals surface area contributed by atoms with Crippen molar-refractivity contribution in [2.75, 3.05) is 19.7 Å². The molecule has 0 aromatic heterocycles. The van der Waals surface area contributed by atoms with Crippen LogP contribution in [0.25, 0.3) is 0 Å². The van der Waals surface area contributed by atoms with Crippen molar-refractivity contribution in [1.29, 1.82) is 0 Å². The highest BCUT2D eigenvalue weighted by Crippen LogP contribution is 2.28. The maximum Gasteiger partial charge on any atom is 0.255 e. The summed E-state index contributed by atoms with van der Waals surface area (Å²) in [5.74, 6) is -0.154. The van der Waals surface area contributed by atoms with Gasteiger partial charge in [0, 0.05) is 17.9 Å². The minimum Gasteiger partial charge on any atom is -0.361 e. The zero-order chi connectivity index (χ0) is 18.6. The predicted octanol–water partition coefficient (Wildman–Crippen LogP) is 2.06. The SMILES string of the molecule is C=CC1=C(/C=C\C[N+](=O)[O-])COC(C)(C)C(=O)N(C2CCCC2=O)C1. The Balaban J connectivity index is 2.38. The molecule has 1 amide bonds. The number of hydrogen-bond acceptors (Lipinski definition) is 5. The molecule has 0 spiro atoms. The lowest BCUT2D eigenvalue weighted by atomic mass is 9.99. The van der Waals surface area contributed by atoms with Crippen LogP contribution in [0.3, 0.4) is 0 Å². The molecule has 1 unspecified atom stereocenters. The summed E-state index contributed by atoms with van der Waals surface area (Å²) >= 11 is 0. The van der Waals surface area contributed by atoms with Crippen LogP contribution in [0.5, 0.6) is 0 Å². The van der Waals surface area contributed by atoms with Crippen molar-refractivity contribution in [3.63, 3.8) is 0 Å². The van der Waals surface area contributed by atoms with Crippen molar-refractivity contribution in [2.24, 2.45) is 0 Å². The molecule has 7 heteroatoms. The molecule has 25 heavy (non-hydrogen) atoms. The summed E-state index contributed by atoms with van der Waals surface area (Å²) in [5.41, 5.74) is 0.397. The Morgan fingerprint density at radius 3 is 2.68 bits per heavy atom. The molecular weight excluding hydrogens is 324 g/mol.